The summed E-state index contributed by atoms with van der Waals surface area (Å²) >= 11 is 6.08. The number of alkyl halides is 3. The minimum Gasteiger partial charge on any atom is -0.360 e. The van der Waals surface area contributed by atoms with Gasteiger partial charge in [0, 0.05) is 22.1 Å². The van der Waals surface area contributed by atoms with E-state index in [0.717, 1.165) is 0 Å². The van der Waals surface area contributed by atoms with E-state index in [4.69, 9.17) is 11.6 Å². The first-order valence-electron chi connectivity index (χ1n) is 6.42. The maximum absolute atomic E-state index is 12.7. The molecule has 0 radical (unpaired) electrons. The molecule has 24 heavy (non-hydrogen) atoms. The molecule has 0 saturated heterocycles. The summed E-state index contributed by atoms with van der Waals surface area (Å²) in [6.45, 7) is 1.30. The van der Waals surface area contributed by atoms with Crippen molar-refractivity contribution in [2.75, 3.05) is 4.72 Å². The molecule has 3 rings (SSSR count). The van der Waals surface area contributed by atoms with Crippen LogP contribution >= 0.6 is 22.9 Å². The van der Waals surface area contributed by atoms with E-state index in [1.807, 2.05) is 0 Å². The van der Waals surface area contributed by atoms with Crippen molar-refractivity contribution < 1.29 is 21.6 Å². The van der Waals surface area contributed by atoms with Crippen molar-refractivity contribution in [3.8, 4) is 0 Å². The molecular formula is C13H9ClF3N3O2S2. The lowest BCUT2D eigenvalue weighted by Gasteiger charge is -2.05. The standard InChI is InChI=1S/C13H9ClF3N3O2S2/c1-6-11(23-12(19-6)13(15,16)17)20-24(21,22)10-5-18-9-4-7(14)2-3-8(9)10/h2-5,18,20H,1H3. The minimum atomic E-state index is -4.63. The Morgan fingerprint density at radius 2 is 2.04 bits per heavy atom. The molecule has 2 N–H and O–H groups in total. The molecule has 5 nitrogen and oxygen atoms in total. The van der Waals surface area contributed by atoms with Crippen LogP contribution in [0.5, 0.6) is 0 Å². The molecule has 11 heteroatoms. The Labute approximate surface area is 143 Å². The number of rotatable bonds is 3. The Bertz CT molecular complexity index is 1020. The number of nitrogens with one attached hydrogen (secondary N) is 2. The van der Waals surface area contributed by atoms with Gasteiger partial charge in [0.25, 0.3) is 10.0 Å². The minimum absolute atomic E-state index is 0.0428. The maximum atomic E-state index is 12.7. The molecule has 0 saturated carbocycles. The van der Waals surface area contributed by atoms with Crippen LogP contribution in [-0.2, 0) is 16.2 Å². The molecule has 0 aliphatic carbocycles. The number of halogens is 4. The molecule has 0 aliphatic rings. The quantitative estimate of drug-likeness (QED) is 0.690. The molecule has 2 aromatic heterocycles. The van der Waals surface area contributed by atoms with Crippen molar-refractivity contribution in [3.63, 3.8) is 0 Å². The van der Waals surface area contributed by atoms with Crippen molar-refractivity contribution in [3.05, 3.63) is 40.1 Å². The molecule has 128 valence electrons. The van der Waals surface area contributed by atoms with E-state index in [1.165, 1.54) is 25.3 Å². The number of sulfonamides is 1. The van der Waals surface area contributed by atoms with Gasteiger partial charge in [-0.2, -0.15) is 13.2 Å². The number of hydrogen-bond donors (Lipinski definition) is 2. The van der Waals surface area contributed by atoms with E-state index in [9.17, 15) is 21.6 Å². The number of H-pyrrole nitrogens is 1. The number of nitrogens with zero attached hydrogens (tertiary/aromatic N) is 1. The predicted octanol–water partition coefficient (Wildman–Crippen LogP) is 4.41. The van der Waals surface area contributed by atoms with Gasteiger partial charge in [-0.25, -0.2) is 13.4 Å². The zero-order chi connectivity index (χ0) is 17.7. The Morgan fingerprint density at radius 1 is 1.33 bits per heavy atom. The maximum Gasteiger partial charge on any atom is 0.443 e. The molecule has 0 aliphatic heterocycles. The summed E-state index contributed by atoms with van der Waals surface area (Å²) in [6.07, 6.45) is -3.37. The summed E-state index contributed by atoms with van der Waals surface area (Å²) in [6, 6.07) is 4.59. The van der Waals surface area contributed by atoms with Crippen LogP contribution in [0.1, 0.15) is 10.7 Å². The van der Waals surface area contributed by atoms with E-state index < -0.39 is 21.2 Å². The molecule has 0 unspecified atom stereocenters. The topological polar surface area (TPSA) is 74.8 Å². The number of aryl methyl sites for hydroxylation is 1. The lowest BCUT2D eigenvalue weighted by atomic mass is 10.2. The van der Waals surface area contributed by atoms with Gasteiger partial charge in [-0.15, -0.1) is 0 Å². The summed E-state index contributed by atoms with van der Waals surface area (Å²) in [4.78, 5) is 6.04. The van der Waals surface area contributed by atoms with Gasteiger partial charge in [-0.3, -0.25) is 4.72 Å². The van der Waals surface area contributed by atoms with Crippen molar-refractivity contribution in [2.24, 2.45) is 0 Å². The fourth-order valence-corrected chi connectivity index (χ4v) is 4.62. The van der Waals surface area contributed by atoms with E-state index in [2.05, 4.69) is 14.7 Å². The monoisotopic (exact) mass is 395 g/mol. The van der Waals surface area contributed by atoms with E-state index in [0.29, 0.717) is 15.9 Å². The van der Waals surface area contributed by atoms with Gasteiger partial charge in [0.05, 0.1) is 5.69 Å². The number of thiazole rings is 1. The molecule has 0 fully saturated rings. The molecule has 2 heterocycles. The Morgan fingerprint density at radius 3 is 2.67 bits per heavy atom. The molecule has 1 aromatic carbocycles. The lowest BCUT2D eigenvalue weighted by molar-refractivity contribution is -0.137. The molecule has 3 aromatic rings. The Kier molecular flexibility index (Phi) is 4.01. The van der Waals surface area contributed by atoms with Crippen LogP contribution in [0.15, 0.2) is 29.3 Å². The van der Waals surface area contributed by atoms with Crippen LogP contribution in [0, 0.1) is 6.92 Å². The van der Waals surface area contributed by atoms with Gasteiger partial charge in [0.2, 0.25) is 0 Å². The smallest absolute Gasteiger partial charge is 0.360 e. The fraction of sp³-hybridized carbons (Fsp3) is 0.154. The second-order valence-electron chi connectivity index (χ2n) is 4.88. The summed E-state index contributed by atoms with van der Waals surface area (Å²) in [5, 5.41) is -0.478. The van der Waals surface area contributed by atoms with Crippen molar-refractivity contribution in [1.82, 2.24) is 9.97 Å². The third-order valence-electron chi connectivity index (χ3n) is 3.16. The van der Waals surface area contributed by atoms with Gasteiger partial charge in [-0.05, 0) is 25.1 Å². The number of aromatic nitrogens is 2. The highest BCUT2D eigenvalue weighted by atomic mass is 35.5. The Hall–Kier alpha value is -1.78. The first kappa shape index (κ1) is 17.1. The van der Waals surface area contributed by atoms with Crippen molar-refractivity contribution in [2.45, 2.75) is 18.0 Å². The molecular weight excluding hydrogens is 387 g/mol. The van der Waals surface area contributed by atoms with Crippen LogP contribution in [0.25, 0.3) is 10.9 Å². The number of anilines is 1. The first-order valence-corrected chi connectivity index (χ1v) is 9.10. The zero-order valence-electron chi connectivity index (χ0n) is 11.9. The van der Waals surface area contributed by atoms with E-state index in [1.54, 1.807) is 6.07 Å². The molecule has 0 atom stereocenters. The van der Waals surface area contributed by atoms with Crippen LogP contribution in [-0.4, -0.2) is 18.4 Å². The molecule has 0 bridgehead atoms. The van der Waals surface area contributed by atoms with Gasteiger partial charge >= 0.3 is 6.18 Å². The van der Waals surface area contributed by atoms with E-state index in [-0.39, 0.29) is 26.9 Å². The number of aromatic amines is 1. The largest absolute Gasteiger partial charge is 0.443 e. The molecule has 0 spiro atoms. The van der Waals surface area contributed by atoms with Crippen LogP contribution in [0.4, 0.5) is 18.2 Å². The summed E-state index contributed by atoms with van der Waals surface area (Å²) < 4.78 is 65.2. The second kappa shape index (κ2) is 5.64. The highest BCUT2D eigenvalue weighted by molar-refractivity contribution is 7.93. The summed E-state index contributed by atoms with van der Waals surface area (Å²) in [5.74, 6) is 0. The van der Waals surface area contributed by atoms with Crippen LogP contribution in [0.3, 0.4) is 0 Å². The first-order chi connectivity index (χ1) is 11.1. The highest BCUT2D eigenvalue weighted by Gasteiger charge is 2.36. The van der Waals surface area contributed by atoms with E-state index >= 15 is 0 Å². The normalized spacial score (nSPS) is 12.7. The Balaban J connectivity index is 2.01. The third-order valence-corrected chi connectivity index (χ3v) is 6.03. The zero-order valence-corrected chi connectivity index (χ0v) is 14.3. The SMILES string of the molecule is Cc1nc(C(F)(F)F)sc1NS(=O)(=O)c1c[nH]c2cc(Cl)ccc12. The van der Waals surface area contributed by atoms with Crippen LogP contribution in [0.2, 0.25) is 5.02 Å². The van der Waals surface area contributed by atoms with Crippen LogP contribution < -0.4 is 4.72 Å². The fourth-order valence-electron chi connectivity index (χ4n) is 2.08. The highest BCUT2D eigenvalue weighted by Crippen LogP contribution is 2.37. The summed E-state index contributed by atoms with van der Waals surface area (Å²) in [5.41, 5.74) is 0.457. The van der Waals surface area contributed by atoms with Gasteiger partial charge in [-0.1, -0.05) is 22.9 Å². The lowest BCUT2D eigenvalue weighted by Crippen LogP contribution is -2.12. The summed E-state index contributed by atoms with van der Waals surface area (Å²) in [7, 11) is -4.09. The molecule has 0 amide bonds. The third kappa shape index (κ3) is 3.08. The van der Waals surface area contributed by atoms with Crippen molar-refractivity contribution in [1.29, 1.82) is 0 Å². The predicted molar refractivity (Wildman–Crippen MR) is 86.0 cm³/mol. The van der Waals surface area contributed by atoms with Crippen molar-refractivity contribution >= 4 is 48.9 Å². The number of hydrogen-bond acceptors (Lipinski definition) is 4. The van der Waals surface area contributed by atoms with Gasteiger partial charge in [0.1, 0.15) is 9.90 Å². The average Bonchev–Trinajstić information content (AvgIpc) is 3.02. The number of fused-ring (bicyclic) bond motifs is 1. The van der Waals surface area contributed by atoms with Gasteiger partial charge in [0.15, 0.2) is 5.01 Å². The number of benzene rings is 1. The average molecular weight is 396 g/mol. The van der Waals surface area contributed by atoms with Gasteiger partial charge < -0.3 is 4.98 Å². The second-order valence-corrected chi connectivity index (χ2v) is 7.97.